The maximum atomic E-state index is 13.1. The zero-order chi connectivity index (χ0) is 19.9. The van der Waals surface area contributed by atoms with E-state index in [0.717, 1.165) is 30.4 Å². The van der Waals surface area contributed by atoms with Gasteiger partial charge in [0.05, 0.1) is 12.0 Å². The summed E-state index contributed by atoms with van der Waals surface area (Å²) in [4.78, 5) is 0.338. The molecule has 0 aromatic heterocycles. The van der Waals surface area contributed by atoms with Gasteiger partial charge in [-0.15, -0.1) is 5.73 Å². The normalized spacial score (nSPS) is 12.6. The first kappa shape index (κ1) is 22.5. The predicted octanol–water partition coefficient (Wildman–Crippen LogP) is 4.82. The summed E-state index contributed by atoms with van der Waals surface area (Å²) in [6.45, 7) is 11.6. The van der Waals surface area contributed by atoms with Gasteiger partial charge < -0.3 is 4.74 Å². The van der Waals surface area contributed by atoms with Gasteiger partial charge in [-0.25, -0.2) is 13.1 Å². The molecule has 0 spiro atoms. The molecule has 0 bridgehead atoms. The van der Waals surface area contributed by atoms with Crippen LogP contribution in [0.15, 0.2) is 28.8 Å². The van der Waals surface area contributed by atoms with Crippen molar-refractivity contribution >= 4 is 10.0 Å². The van der Waals surface area contributed by atoms with Crippen LogP contribution < -0.4 is 9.46 Å². The summed E-state index contributed by atoms with van der Waals surface area (Å²) in [6.07, 6.45) is 7.00. The SMILES string of the molecule is CCCCC=C=C[C@@H](NS(=O)(=O)c1c(C)cc(OC)c(C)c1C)C(C)C. The van der Waals surface area contributed by atoms with Crippen molar-refractivity contribution in [3.63, 3.8) is 0 Å². The number of sulfonamides is 1. The van der Waals surface area contributed by atoms with Crippen LogP contribution in [0, 0.1) is 26.7 Å². The van der Waals surface area contributed by atoms with Gasteiger partial charge in [0.2, 0.25) is 10.0 Å². The Bertz CT molecular complexity index is 773. The lowest BCUT2D eigenvalue weighted by molar-refractivity contribution is 0.410. The second-order valence-corrected chi connectivity index (χ2v) is 8.70. The van der Waals surface area contributed by atoms with Crippen molar-refractivity contribution in [1.29, 1.82) is 0 Å². The van der Waals surface area contributed by atoms with Crippen LogP contribution in [0.25, 0.3) is 0 Å². The molecule has 5 heteroatoms. The van der Waals surface area contributed by atoms with E-state index >= 15 is 0 Å². The zero-order valence-corrected chi connectivity index (χ0v) is 18.0. The molecule has 0 saturated carbocycles. The highest BCUT2D eigenvalue weighted by atomic mass is 32.2. The highest BCUT2D eigenvalue weighted by molar-refractivity contribution is 7.89. The van der Waals surface area contributed by atoms with E-state index in [1.165, 1.54) is 0 Å². The Labute approximate surface area is 159 Å². The average molecular weight is 380 g/mol. The van der Waals surface area contributed by atoms with Crippen LogP contribution in [0.2, 0.25) is 0 Å². The van der Waals surface area contributed by atoms with Crippen molar-refractivity contribution in [1.82, 2.24) is 4.72 Å². The Kier molecular flexibility index (Phi) is 8.61. The summed E-state index contributed by atoms with van der Waals surface area (Å²) in [7, 11) is -2.06. The molecule has 0 aliphatic heterocycles. The lowest BCUT2D eigenvalue weighted by Crippen LogP contribution is -2.37. The van der Waals surface area contributed by atoms with E-state index in [2.05, 4.69) is 17.4 Å². The number of ether oxygens (including phenoxy) is 1. The van der Waals surface area contributed by atoms with Crippen LogP contribution in [0.5, 0.6) is 5.75 Å². The van der Waals surface area contributed by atoms with Crippen LogP contribution >= 0.6 is 0 Å². The molecule has 0 amide bonds. The number of nitrogens with one attached hydrogen (secondary N) is 1. The minimum atomic E-state index is -3.65. The summed E-state index contributed by atoms with van der Waals surface area (Å²) < 4.78 is 34.3. The fourth-order valence-corrected chi connectivity index (χ4v) is 4.66. The van der Waals surface area contributed by atoms with Crippen molar-refractivity contribution in [3.8, 4) is 5.75 Å². The molecule has 0 unspecified atom stereocenters. The molecule has 1 rings (SSSR count). The molecular weight excluding hydrogens is 346 g/mol. The standard InChI is InChI=1S/C21H33NO3S/c1-8-9-10-11-12-13-19(15(2)3)22-26(23,24)21-16(4)14-20(25-7)17(5)18(21)6/h11,13-15,19,22H,8-10H2,1-7H3/t12?,19-/m1/s1. The van der Waals surface area contributed by atoms with Crippen LogP contribution in [0.4, 0.5) is 0 Å². The second-order valence-electron chi connectivity index (χ2n) is 7.05. The average Bonchev–Trinajstić information content (AvgIpc) is 2.56. The highest BCUT2D eigenvalue weighted by Gasteiger charge is 2.26. The van der Waals surface area contributed by atoms with Gasteiger partial charge in [0.25, 0.3) is 0 Å². The maximum Gasteiger partial charge on any atom is 0.241 e. The van der Waals surface area contributed by atoms with Crippen molar-refractivity contribution in [2.75, 3.05) is 7.11 Å². The topological polar surface area (TPSA) is 55.4 Å². The largest absolute Gasteiger partial charge is 0.496 e. The molecular formula is C21H33NO3S. The lowest BCUT2D eigenvalue weighted by Gasteiger charge is -2.21. The minimum Gasteiger partial charge on any atom is -0.496 e. The summed E-state index contributed by atoms with van der Waals surface area (Å²) in [5.41, 5.74) is 5.38. The second kappa shape index (κ2) is 9.96. The molecule has 0 fully saturated rings. The molecule has 0 aliphatic carbocycles. The monoisotopic (exact) mass is 379 g/mol. The van der Waals surface area contributed by atoms with Gasteiger partial charge in [0, 0.05) is 6.04 Å². The van der Waals surface area contributed by atoms with E-state index in [1.54, 1.807) is 20.1 Å². The smallest absolute Gasteiger partial charge is 0.241 e. The maximum absolute atomic E-state index is 13.1. The summed E-state index contributed by atoms with van der Waals surface area (Å²) in [5.74, 6) is 0.829. The zero-order valence-electron chi connectivity index (χ0n) is 17.1. The van der Waals surface area contributed by atoms with E-state index in [4.69, 9.17) is 4.74 Å². The van der Waals surface area contributed by atoms with Crippen molar-refractivity contribution in [2.45, 2.75) is 71.7 Å². The Morgan fingerprint density at radius 3 is 2.42 bits per heavy atom. The van der Waals surface area contributed by atoms with Gasteiger partial charge in [-0.1, -0.05) is 27.2 Å². The van der Waals surface area contributed by atoms with E-state index in [1.807, 2.05) is 39.8 Å². The van der Waals surface area contributed by atoms with E-state index in [0.29, 0.717) is 16.2 Å². The van der Waals surface area contributed by atoms with Crippen LogP contribution in [0.3, 0.4) is 0 Å². The number of rotatable bonds is 9. The summed E-state index contributed by atoms with van der Waals surface area (Å²) >= 11 is 0. The third-order valence-corrected chi connectivity index (χ3v) is 6.32. The lowest BCUT2D eigenvalue weighted by atomic mass is 10.1. The number of methoxy groups -OCH3 is 1. The predicted molar refractivity (Wildman–Crippen MR) is 108 cm³/mol. The van der Waals surface area contributed by atoms with Crippen molar-refractivity contribution in [2.24, 2.45) is 5.92 Å². The quantitative estimate of drug-likeness (QED) is 0.494. The van der Waals surface area contributed by atoms with Crippen LogP contribution in [0.1, 0.15) is 56.7 Å². The van der Waals surface area contributed by atoms with Gasteiger partial charge in [0.1, 0.15) is 5.75 Å². The molecule has 1 atom stereocenters. The van der Waals surface area contributed by atoms with Gasteiger partial charge >= 0.3 is 0 Å². The number of hydrogen-bond acceptors (Lipinski definition) is 3. The van der Waals surface area contributed by atoms with Crippen molar-refractivity contribution in [3.05, 3.63) is 40.6 Å². The van der Waals surface area contributed by atoms with Gasteiger partial charge in [0.15, 0.2) is 0 Å². The molecule has 146 valence electrons. The molecule has 0 heterocycles. The van der Waals surface area contributed by atoms with Crippen LogP contribution in [-0.4, -0.2) is 21.6 Å². The first-order valence-electron chi connectivity index (χ1n) is 9.23. The van der Waals surface area contributed by atoms with Gasteiger partial charge in [-0.3, -0.25) is 0 Å². The third-order valence-electron chi connectivity index (χ3n) is 4.57. The molecule has 1 aromatic rings. The van der Waals surface area contributed by atoms with Gasteiger partial charge in [-0.2, -0.15) is 0 Å². The van der Waals surface area contributed by atoms with Gasteiger partial charge in [-0.05, 0) is 74.4 Å². The highest BCUT2D eigenvalue weighted by Crippen LogP contribution is 2.30. The Balaban J connectivity index is 3.21. The number of aryl methyl sites for hydroxylation is 1. The number of hydrogen-bond donors (Lipinski definition) is 1. The third kappa shape index (κ3) is 5.73. The minimum absolute atomic E-state index is 0.122. The first-order valence-corrected chi connectivity index (χ1v) is 10.7. The van der Waals surface area contributed by atoms with E-state index in [9.17, 15) is 8.42 Å². The van der Waals surface area contributed by atoms with E-state index in [-0.39, 0.29) is 12.0 Å². The molecule has 0 saturated heterocycles. The molecule has 0 aliphatic rings. The fourth-order valence-electron chi connectivity index (χ4n) is 2.81. The Morgan fingerprint density at radius 2 is 1.88 bits per heavy atom. The first-order chi connectivity index (χ1) is 12.2. The molecule has 1 aromatic carbocycles. The Morgan fingerprint density at radius 1 is 1.23 bits per heavy atom. The van der Waals surface area contributed by atoms with Crippen molar-refractivity contribution < 1.29 is 13.2 Å². The number of unbranched alkanes of at least 4 members (excludes halogenated alkanes) is 2. The van der Waals surface area contributed by atoms with Crippen LogP contribution in [-0.2, 0) is 10.0 Å². The summed E-state index contributed by atoms with van der Waals surface area (Å²) in [5, 5.41) is 0. The summed E-state index contributed by atoms with van der Waals surface area (Å²) in [6, 6.07) is 1.47. The van der Waals surface area contributed by atoms with E-state index < -0.39 is 10.0 Å². The molecule has 4 nitrogen and oxygen atoms in total. The number of benzene rings is 1. The molecule has 26 heavy (non-hydrogen) atoms. The Hall–Kier alpha value is -1.55. The fraction of sp³-hybridized carbons (Fsp3) is 0.571. The molecule has 0 radical (unpaired) electrons. The molecule has 1 N–H and O–H groups in total.